The van der Waals surface area contributed by atoms with Gasteiger partial charge in [0.05, 0.1) is 11.4 Å². The number of amides is 2. The molecule has 1 atom stereocenters. The van der Waals surface area contributed by atoms with Crippen molar-refractivity contribution in [3.8, 4) is 5.75 Å². The van der Waals surface area contributed by atoms with Crippen molar-refractivity contribution in [3.05, 3.63) is 29.8 Å². The summed E-state index contributed by atoms with van der Waals surface area (Å²) >= 11 is 1.44. The highest BCUT2D eigenvalue weighted by Gasteiger charge is 2.36. The summed E-state index contributed by atoms with van der Waals surface area (Å²) in [5.74, 6) is 0.0663. The molecule has 2 rings (SSSR count). The average Bonchev–Trinajstić information content (AvgIpc) is 3.00. The minimum absolute atomic E-state index is 0.0456. The van der Waals surface area contributed by atoms with Crippen molar-refractivity contribution in [3.63, 3.8) is 0 Å². The Hall–Kier alpha value is -1.90. The average molecular weight is 390 g/mol. The smallest absolute Gasteiger partial charge is 0.416 e. The van der Waals surface area contributed by atoms with Gasteiger partial charge in [0, 0.05) is 11.3 Å². The number of rotatable bonds is 4. The molecule has 0 aromatic heterocycles. The number of ether oxygens (including phenoxy) is 1. The van der Waals surface area contributed by atoms with E-state index in [-0.39, 0.29) is 11.7 Å². The summed E-state index contributed by atoms with van der Waals surface area (Å²) in [4.78, 5) is 26.1. The first-order chi connectivity index (χ1) is 12.0. The van der Waals surface area contributed by atoms with Gasteiger partial charge in [-0.3, -0.25) is 9.59 Å². The summed E-state index contributed by atoms with van der Waals surface area (Å²) in [5.41, 5.74) is -1.27. The molecule has 9 heteroatoms. The summed E-state index contributed by atoms with van der Waals surface area (Å²) in [6.45, 7) is 5.10. The van der Waals surface area contributed by atoms with Crippen LogP contribution in [0.1, 0.15) is 26.3 Å². The number of benzene rings is 1. The first-order valence-corrected chi connectivity index (χ1v) is 9.12. The molecule has 1 heterocycles. The molecule has 2 amide bonds. The Kier molecular flexibility index (Phi) is 6.10. The Bertz CT molecular complexity index is 674. The second-order valence-electron chi connectivity index (χ2n) is 6.93. The largest absolute Gasteiger partial charge is 0.484 e. The molecule has 0 saturated carbocycles. The van der Waals surface area contributed by atoms with Gasteiger partial charge in [0.25, 0.3) is 5.91 Å². The van der Waals surface area contributed by atoms with E-state index in [4.69, 9.17) is 4.74 Å². The first kappa shape index (κ1) is 20.4. The highest BCUT2D eigenvalue weighted by atomic mass is 32.2. The predicted molar refractivity (Wildman–Crippen MR) is 92.8 cm³/mol. The predicted octanol–water partition coefficient (Wildman–Crippen LogP) is 2.90. The molecule has 144 valence electrons. The van der Waals surface area contributed by atoms with Crippen LogP contribution in [0, 0.1) is 0 Å². The number of nitrogens with one attached hydrogen (secondary N) is 1. The molecule has 0 bridgehead atoms. The molecule has 1 aromatic carbocycles. The zero-order chi connectivity index (χ0) is 19.5. The van der Waals surface area contributed by atoms with E-state index in [0.717, 1.165) is 12.1 Å². The summed E-state index contributed by atoms with van der Waals surface area (Å²) in [5, 5.41) is 2.83. The van der Waals surface area contributed by atoms with Crippen LogP contribution in [-0.2, 0) is 15.8 Å². The van der Waals surface area contributed by atoms with Gasteiger partial charge in [0.1, 0.15) is 11.8 Å². The van der Waals surface area contributed by atoms with Crippen LogP contribution < -0.4 is 10.1 Å². The zero-order valence-electron chi connectivity index (χ0n) is 14.7. The third-order valence-electron chi connectivity index (χ3n) is 3.53. The van der Waals surface area contributed by atoms with Gasteiger partial charge in [-0.25, -0.2) is 0 Å². The Balaban J connectivity index is 1.98. The molecular formula is C17H21F3N2O3S. The van der Waals surface area contributed by atoms with Crippen molar-refractivity contribution in [1.29, 1.82) is 0 Å². The quantitative estimate of drug-likeness (QED) is 0.859. The minimum Gasteiger partial charge on any atom is -0.484 e. The molecule has 0 aliphatic carbocycles. The van der Waals surface area contributed by atoms with E-state index in [1.807, 2.05) is 20.8 Å². The first-order valence-electron chi connectivity index (χ1n) is 7.97. The lowest BCUT2D eigenvalue weighted by Crippen LogP contribution is -2.53. The van der Waals surface area contributed by atoms with Gasteiger partial charge in [0.2, 0.25) is 5.91 Å². The van der Waals surface area contributed by atoms with Crippen LogP contribution in [-0.4, -0.2) is 46.5 Å². The highest BCUT2D eigenvalue weighted by Crippen LogP contribution is 2.31. The Morgan fingerprint density at radius 3 is 2.62 bits per heavy atom. The number of thioether (sulfide) groups is 1. The number of halogens is 3. The number of carbonyl (C=O) groups excluding carboxylic acids is 2. The topological polar surface area (TPSA) is 58.6 Å². The molecule has 1 aliphatic heterocycles. The van der Waals surface area contributed by atoms with Gasteiger partial charge in [-0.2, -0.15) is 13.2 Å². The van der Waals surface area contributed by atoms with Crippen LogP contribution in [0.2, 0.25) is 0 Å². The van der Waals surface area contributed by atoms with Crippen molar-refractivity contribution >= 4 is 23.6 Å². The van der Waals surface area contributed by atoms with Gasteiger partial charge >= 0.3 is 6.18 Å². The Labute approximate surface area is 154 Å². The normalized spacial score (nSPS) is 17.9. The molecule has 1 aromatic rings. The molecule has 26 heavy (non-hydrogen) atoms. The van der Waals surface area contributed by atoms with Crippen molar-refractivity contribution in [2.45, 2.75) is 38.5 Å². The van der Waals surface area contributed by atoms with Gasteiger partial charge in [-0.15, -0.1) is 11.8 Å². The highest BCUT2D eigenvalue weighted by molar-refractivity contribution is 7.99. The van der Waals surface area contributed by atoms with E-state index < -0.39 is 35.8 Å². The summed E-state index contributed by atoms with van der Waals surface area (Å²) < 4.78 is 43.3. The zero-order valence-corrected chi connectivity index (χ0v) is 15.5. The molecule has 1 fully saturated rings. The van der Waals surface area contributed by atoms with Gasteiger partial charge in [0.15, 0.2) is 6.61 Å². The maximum atomic E-state index is 12.7. The summed E-state index contributed by atoms with van der Waals surface area (Å²) in [6, 6.07) is 3.73. The van der Waals surface area contributed by atoms with E-state index in [2.05, 4.69) is 5.32 Å². The van der Waals surface area contributed by atoms with Crippen LogP contribution in [0.15, 0.2) is 24.3 Å². The number of hydrogen-bond donors (Lipinski definition) is 1. The fourth-order valence-electron chi connectivity index (χ4n) is 2.35. The molecule has 1 unspecified atom stereocenters. The Morgan fingerprint density at radius 1 is 1.31 bits per heavy atom. The number of carbonyl (C=O) groups is 2. The molecule has 1 N–H and O–H groups in total. The van der Waals surface area contributed by atoms with Gasteiger partial charge < -0.3 is 15.0 Å². The molecular weight excluding hydrogens is 369 g/mol. The van der Waals surface area contributed by atoms with Crippen LogP contribution in [0.5, 0.6) is 5.75 Å². The standard InChI is InChI=1S/C17H21F3N2O3S/c1-16(2,3)21-15(24)13-9-26-10-22(13)14(23)8-25-12-6-4-5-11(7-12)17(18,19)20/h4-7,13H,8-10H2,1-3H3,(H,21,24). The van der Waals surface area contributed by atoms with Crippen LogP contribution in [0.3, 0.4) is 0 Å². The van der Waals surface area contributed by atoms with E-state index in [1.54, 1.807) is 0 Å². The van der Waals surface area contributed by atoms with Crippen LogP contribution in [0.4, 0.5) is 13.2 Å². The lowest BCUT2D eigenvalue weighted by atomic mass is 10.1. The molecule has 0 radical (unpaired) electrons. The fraction of sp³-hybridized carbons (Fsp3) is 0.529. The summed E-state index contributed by atoms with van der Waals surface area (Å²) in [6.07, 6.45) is -4.48. The molecule has 1 saturated heterocycles. The van der Waals surface area contributed by atoms with E-state index in [0.29, 0.717) is 11.6 Å². The third kappa shape index (κ3) is 5.55. The lowest BCUT2D eigenvalue weighted by Gasteiger charge is -2.27. The summed E-state index contributed by atoms with van der Waals surface area (Å²) in [7, 11) is 0. The third-order valence-corrected chi connectivity index (χ3v) is 4.54. The van der Waals surface area contributed by atoms with Crippen LogP contribution in [0.25, 0.3) is 0 Å². The van der Waals surface area contributed by atoms with E-state index >= 15 is 0 Å². The maximum Gasteiger partial charge on any atom is 0.416 e. The second-order valence-corrected chi connectivity index (χ2v) is 7.93. The minimum atomic E-state index is -4.48. The van der Waals surface area contributed by atoms with Crippen molar-refractivity contribution < 1.29 is 27.5 Å². The lowest BCUT2D eigenvalue weighted by molar-refractivity contribution is -0.140. The van der Waals surface area contributed by atoms with Gasteiger partial charge in [-0.05, 0) is 39.0 Å². The van der Waals surface area contributed by atoms with Crippen molar-refractivity contribution in [1.82, 2.24) is 10.2 Å². The van der Waals surface area contributed by atoms with Crippen molar-refractivity contribution in [2.24, 2.45) is 0 Å². The fourth-order valence-corrected chi connectivity index (χ4v) is 3.53. The van der Waals surface area contributed by atoms with Crippen LogP contribution >= 0.6 is 11.8 Å². The number of alkyl halides is 3. The number of hydrogen-bond acceptors (Lipinski definition) is 4. The van der Waals surface area contributed by atoms with E-state index in [9.17, 15) is 22.8 Å². The maximum absolute atomic E-state index is 12.7. The monoisotopic (exact) mass is 390 g/mol. The Morgan fingerprint density at radius 2 is 2.00 bits per heavy atom. The van der Waals surface area contributed by atoms with Gasteiger partial charge in [-0.1, -0.05) is 6.07 Å². The number of nitrogens with zero attached hydrogens (tertiary/aromatic N) is 1. The molecule has 5 nitrogen and oxygen atoms in total. The van der Waals surface area contributed by atoms with E-state index in [1.165, 1.54) is 28.8 Å². The second kappa shape index (κ2) is 7.77. The van der Waals surface area contributed by atoms with Crippen molar-refractivity contribution in [2.75, 3.05) is 18.2 Å². The molecule has 1 aliphatic rings. The molecule has 0 spiro atoms. The SMILES string of the molecule is CC(C)(C)NC(=O)C1CSCN1C(=O)COc1cccc(C(F)(F)F)c1.